The lowest BCUT2D eigenvalue weighted by Crippen LogP contribution is -2.18. The number of halogens is 1. The Morgan fingerprint density at radius 1 is 1.06 bits per heavy atom. The van der Waals surface area contributed by atoms with Gasteiger partial charge in [0.25, 0.3) is 0 Å². The van der Waals surface area contributed by atoms with Crippen molar-refractivity contribution in [3.8, 4) is 0 Å². The molecule has 0 saturated carbocycles. The minimum atomic E-state index is -0.449. The van der Waals surface area contributed by atoms with Crippen molar-refractivity contribution < 1.29 is 14.0 Å². The van der Waals surface area contributed by atoms with E-state index in [1.807, 2.05) is 78.4 Å². The Labute approximate surface area is 209 Å². The largest absolute Gasteiger partial charge is 0.451 e. The lowest BCUT2D eigenvalue weighted by Gasteiger charge is -2.08. The molecule has 0 atom stereocenters. The first kappa shape index (κ1) is 22.6. The summed E-state index contributed by atoms with van der Waals surface area (Å²) in [6, 6.07) is 22.6. The van der Waals surface area contributed by atoms with Crippen LogP contribution >= 0.6 is 15.9 Å². The number of aryl methyl sites for hydroxylation is 1. The Balaban J connectivity index is 1.32. The molecule has 0 saturated heterocycles. The summed E-state index contributed by atoms with van der Waals surface area (Å²) < 4.78 is 8.37. The Hall–Kier alpha value is -4.17. The fourth-order valence-corrected chi connectivity index (χ4v) is 4.31. The average Bonchev–Trinajstić information content (AvgIpc) is 3.40. The van der Waals surface area contributed by atoms with E-state index in [1.165, 1.54) is 0 Å². The molecule has 0 bridgehead atoms. The van der Waals surface area contributed by atoms with Gasteiger partial charge >= 0.3 is 5.91 Å². The van der Waals surface area contributed by atoms with Crippen LogP contribution in [0.25, 0.3) is 21.9 Å². The first-order chi connectivity index (χ1) is 17.0. The first-order valence-electron chi connectivity index (χ1n) is 10.9. The number of hydrogen-bond donors (Lipinski definition) is 2. The Kier molecular flexibility index (Phi) is 6.20. The van der Waals surface area contributed by atoms with Gasteiger partial charge in [0.15, 0.2) is 5.76 Å². The van der Waals surface area contributed by atoms with Crippen LogP contribution in [0.5, 0.6) is 0 Å². The van der Waals surface area contributed by atoms with E-state index in [2.05, 4.69) is 31.8 Å². The van der Waals surface area contributed by atoms with Gasteiger partial charge in [-0.15, -0.1) is 0 Å². The molecular formula is C27H21BrN4O3. The topological polar surface area (TPSA) is 88.6 Å². The van der Waals surface area contributed by atoms with E-state index in [1.54, 1.807) is 18.3 Å². The molecule has 5 rings (SSSR count). The van der Waals surface area contributed by atoms with Gasteiger partial charge in [0.2, 0.25) is 5.91 Å². The molecule has 2 heterocycles. The van der Waals surface area contributed by atoms with E-state index in [9.17, 15) is 9.59 Å². The number of furan rings is 1. The van der Waals surface area contributed by atoms with Gasteiger partial charge in [-0.2, -0.15) is 5.10 Å². The molecule has 0 aliphatic rings. The second-order valence-corrected chi connectivity index (χ2v) is 9.05. The van der Waals surface area contributed by atoms with Crippen LogP contribution in [0.15, 0.2) is 93.0 Å². The maximum Gasteiger partial charge on any atom is 0.307 e. The molecule has 0 aliphatic carbocycles. The highest BCUT2D eigenvalue weighted by Crippen LogP contribution is 2.23. The molecule has 0 radical (unpaired) electrons. The van der Waals surface area contributed by atoms with Crippen molar-refractivity contribution in [2.24, 2.45) is 5.10 Å². The van der Waals surface area contributed by atoms with Gasteiger partial charge < -0.3 is 14.3 Å². The van der Waals surface area contributed by atoms with Crippen molar-refractivity contribution in [3.05, 3.63) is 100 Å². The van der Waals surface area contributed by atoms with E-state index in [0.717, 1.165) is 37.6 Å². The van der Waals surface area contributed by atoms with Gasteiger partial charge in [-0.25, -0.2) is 5.43 Å². The number of nitrogens with one attached hydrogen (secondary N) is 2. The number of amides is 2. The monoisotopic (exact) mass is 528 g/mol. The molecule has 35 heavy (non-hydrogen) atoms. The predicted molar refractivity (Wildman–Crippen MR) is 141 cm³/mol. The molecule has 0 aliphatic heterocycles. The highest BCUT2D eigenvalue weighted by Gasteiger charge is 2.13. The van der Waals surface area contributed by atoms with Gasteiger partial charge in [0.1, 0.15) is 12.1 Å². The number of hydrogen-bond acceptors (Lipinski definition) is 4. The van der Waals surface area contributed by atoms with Crippen molar-refractivity contribution in [1.82, 2.24) is 9.99 Å². The maximum atomic E-state index is 12.7. The van der Waals surface area contributed by atoms with Crippen molar-refractivity contribution in [3.63, 3.8) is 0 Å². The number of benzene rings is 3. The summed E-state index contributed by atoms with van der Waals surface area (Å²) in [4.78, 5) is 25.2. The van der Waals surface area contributed by atoms with Crippen LogP contribution in [0.4, 0.5) is 5.69 Å². The van der Waals surface area contributed by atoms with E-state index < -0.39 is 5.91 Å². The van der Waals surface area contributed by atoms with E-state index in [0.29, 0.717) is 5.58 Å². The minimum Gasteiger partial charge on any atom is -0.451 e. The quantitative estimate of drug-likeness (QED) is 0.213. The molecule has 2 aromatic heterocycles. The summed E-state index contributed by atoms with van der Waals surface area (Å²) in [6.07, 6.45) is 3.41. The van der Waals surface area contributed by atoms with Crippen molar-refractivity contribution in [2.45, 2.75) is 13.5 Å². The fraction of sp³-hybridized carbons (Fsp3) is 0.0741. The zero-order valence-electron chi connectivity index (χ0n) is 18.8. The number of fused-ring (bicyclic) bond motifs is 2. The summed E-state index contributed by atoms with van der Waals surface area (Å²) in [5.74, 6) is -0.412. The van der Waals surface area contributed by atoms with Crippen LogP contribution in [0.1, 0.15) is 21.7 Å². The molecule has 0 unspecified atom stereocenters. The molecule has 7 nitrogen and oxygen atoms in total. The maximum absolute atomic E-state index is 12.7. The van der Waals surface area contributed by atoms with Gasteiger partial charge in [0, 0.05) is 38.2 Å². The number of nitrogens with zero attached hydrogens (tertiary/aromatic N) is 2. The number of carbonyl (C=O) groups excluding carboxylic acids is 2. The third-order valence-corrected chi connectivity index (χ3v) is 6.00. The van der Waals surface area contributed by atoms with Gasteiger partial charge in [0.05, 0.1) is 6.21 Å². The zero-order chi connectivity index (χ0) is 24.4. The van der Waals surface area contributed by atoms with Crippen molar-refractivity contribution in [2.75, 3.05) is 5.32 Å². The van der Waals surface area contributed by atoms with E-state index in [-0.39, 0.29) is 18.2 Å². The molecule has 8 heteroatoms. The fourth-order valence-electron chi connectivity index (χ4n) is 3.93. The summed E-state index contributed by atoms with van der Waals surface area (Å²) in [7, 11) is 0. The van der Waals surface area contributed by atoms with Crippen LogP contribution in [0.2, 0.25) is 0 Å². The van der Waals surface area contributed by atoms with E-state index >= 15 is 0 Å². The molecule has 0 fully saturated rings. The molecule has 174 valence electrons. The number of hydrazone groups is 1. The lowest BCUT2D eigenvalue weighted by atomic mass is 10.2. The number of carbonyl (C=O) groups is 2. The highest BCUT2D eigenvalue weighted by molar-refractivity contribution is 9.10. The average molecular weight is 529 g/mol. The standard InChI is InChI=1S/C27H21BrN4O3/c1-17-5-4-6-21(11-17)30-26(33)16-32-15-19(22-7-2-3-8-23(22)32)14-29-31-27(34)25-13-18-12-20(28)9-10-24(18)35-25/h2-15H,16H2,1H3,(H,30,33)(H,31,34)/b29-14-. The molecule has 5 aromatic rings. The van der Waals surface area contributed by atoms with Gasteiger partial charge in [-0.1, -0.05) is 46.3 Å². The van der Waals surface area contributed by atoms with Crippen molar-refractivity contribution >= 4 is 61.5 Å². The zero-order valence-corrected chi connectivity index (χ0v) is 20.4. The van der Waals surface area contributed by atoms with Crippen LogP contribution in [-0.2, 0) is 11.3 Å². The van der Waals surface area contributed by atoms with Gasteiger partial charge in [-0.3, -0.25) is 9.59 Å². The molecule has 0 spiro atoms. The number of anilines is 1. The summed E-state index contributed by atoms with van der Waals surface area (Å²) in [5.41, 5.74) is 6.63. The Morgan fingerprint density at radius 3 is 2.77 bits per heavy atom. The third kappa shape index (κ3) is 5.02. The van der Waals surface area contributed by atoms with Crippen LogP contribution in [0, 0.1) is 6.92 Å². The minimum absolute atomic E-state index is 0.135. The van der Waals surface area contributed by atoms with Crippen LogP contribution in [0.3, 0.4) is 0 Å². The lowest BCUT2D eigenvalue weighted by molar-refractivity contribution is -0.116. The van der Waals surface area contributed by atoms with Gasteiger partial charge in [-0.05, 0) is 55.0 Å². The molecular weight excluding hydrogens is 508 g/mol. The number of rotatable bonds is 6. The highest BCUT2D eigenvalue weighted by atomic mass is 79.9. The molecule has 2 N–H and O–H groups in total. The summed E-state index contributed by atoms with van der Waals surface area (Å²) in [5, 5.41) is 8.79. The van der Waals surface area contributed by atoms with Crippen LogP contribution < -0.4 is 10.7 Å². The predicted octanol–water partition coefficient (Wildman–Crippen LogP) is 5.86. The Bertz CT molecular complexity index is 1600. The second kappa shape index (κ2) is 9.60. The molecule has 2 amide bonds. The second-order valence-electron chi connectivity index (χ2n) is 8.14. The number of aromatic nitrogens is 1. The number of para-hydroxylation sites is 1. The van der Waals surface area contributed by atoms with Crippen molar-refractivity contribution in [1.29, 1.82) is 0 Å². The first-order valence-corrected chi connectivity index (χ1v) is 11.7. The normalized spacial score (nSPS) is 11.4. The smallest absolute Gasteiger partial charge is 0.307 e. The summed E-state index contributed by atoms with van der Waals surface area (Å²) >= 11 is 3.41. The van der Waals surface area contributed by atoms with E-state index in [4.69, 9.17) is 4.42 Å². The Morgan fingerprint density at radius 2 is 1.91 bits per heavy atom. The van der Waals surface area contributed by atoms with Crippen LogP contribution in [-0.4, -0.2) is 22.6 Å². The third-order valence-electron chi connectivity index (χ3n) is 5.51. The summed E-state index contributed by atoms with van der Waals surface area (Å²) in [6.45, 7) is 2.12. The SMILES string of the molecule is Cc1cccc(NC(=O)Cn2cc(/C=N\NC(=O)c3cc4cc(Br)ccc4o3)c3ccccc32)c1. The molecule has 3 aromatic carbocycles.